The first-order valence-corrected chi connectivity index (χ1v) is 6.48. The number of rotatable bonds is 3. The molecule has 3 aromatic carbocycles. The molecule has 0 aliphatic heterocycles. The molecule has 0 saturated heterocycles. The minimum atomic E-state index is -0.346. The summed E-state index contributed by atoms with van der Waals surface area (Å²) in [6, 6.07) is 24.5. The predicted molar refractivity (Wildman–Crippen MR) is 83.1 cm³/mol. The van der Waals surface area contributed by atoms with Crippen LogP contribution in [-0.2, 0) is 6.40 Å². The lowest BCUT2D eigenvalue weighted by Crippen LogP contribution is -1.83. The van der Waals surface area contributed by atoms with E-state index in [1.807, 2.05) is 66.7 Å². The lowest BCUT2D eigenvalue weighted by molar-refractivity contribution is 1.31. The molecular formula is C19H16. The van der Waals surface area contributed by atoms with Crippen LogP contribution in [0.25, 0.3) is 16.8 Å². The van der Waals surface area contributed by atoms with E-state index in [4.69, 9.17) is 1.37 Å². The maximum Gasteiger partial charge on any atom is 0.0360 e. The van der Waals surface area contributed by atoms with Crippen molar-refractivity contribution >= 4 is 16.8 Å². The van der Waals surface area contributed by atoms with Gasteiger partial charge in [0.1, 0.15) is 0 Å². The zero-order valence-electron chi connectivity index (χ0n) is 11.7. The van der Waals surface area contributed by atoms with Crippen molar-refractivity contribution in [2.24, 2.45) is 0 Å². The van der Waals surface area contributed by atoms with Crippen LogP contribution in [0.2, 0.25) is 0 Å². The quantitative estimate of drug-likeness (QED) is 0.602. The minimum absolute atomic E-state index is 0.346. The second-order valence-electron chi connectivity index (χ2n) is 4.50. The fourth-order valence-corrected chi connectivity index (χ4v) is 2.22. The highest BCUT2D eigenvalue weighted by Crippen LogP contribution is 2.19. The van der Waals surface area contributed by atoms with Gasteiger partial charge in [-0.25, -0.2) is 0 Å². The molecule has 0 spiro atoms. The minimum Gasteiger partial charge on any atom is -0.0795 e. The van der Waals surface area contributed by atoms with E-state index >= 15 is 0 Å². The highest BCUT2D eigenvalue weighted by molar-refractivity contribution is 5.85. The van der Waals surface area contributed by atoms with E-state index in [0.29, 0.717) is 0 Å². The lowest BCUT2D eigenvalue weighted by Gasteiger charge is -2.03. The summed E-state index contributed by atoms with van der Waals surface area (Å²) in [5, 5.41) is 2.35. The first kappa shape index (κ1) is 10.6. The average Bonchev–Trinajstić information content (AvgIpc) is 2.53. The van der Waals surface area contributed by atoms with Gasteiger partial charge in [-0.2, -0.15) is 0 Å². The predicted octanol–water partition coefficient (Wildman–Crippen LogP) is 5.10. The maximum atomic E-state index is 8.36. The molecule has 0 aliphatic carbocycles. The Kier molecular flexibility index (Phi) is 3.08. The monoisotopic (exact) mass is 245 g/mol. The van der Waals surface area contributed by atoms with Gasteiger partial charge in [0, 0.05) is 1.37 Å². The Hall–Kier alpha value is -2.34. The second kappa shape index (κ2) is 5.53. The summed E-state index contributed by atoms with van der Waals surface area (Å²) >= 11 is 0. The van der Waals surface area contributed by atoms with E-state index in [-0.39, 0.29) is 6.40 Å². The fourth-order valence-electron chi connectivity index (χ4n) is 2.22. The fraction of sp³-hybridized carbons (Fsp3) is 0.0526. The Morgan fingerprint density at radius 1 is 0.789 bits per heavy atom. The second-order valence-corrected chi connectivity index (χ2v) is 4.50. The first-order valence-electron chi connectivity index (χ1n) is 7.05. The Morgan fingerprint density at radius 3 is 2.42 bits per heavy atom. The molecule has 92 valence electrons. The Labute approximate surface area is 115 Å². The van der Waals surface area contributed by atoms with Gasteiger partial charge < -0.3 is 0 Å². The number of benzene rings is 3. The first-order chi connectivity index (χ1) is 9.84. The van der Waals surface area contributed by atoms with Gasteiger partial charge in [-0.05, 0) is 28.3 Å². The summed E-state index contributed by atoms with van der Waals surface area (Å²) in [5.74, 6) is 0. The van der Waals surface area contributed by atoms with Crippen LogP contribution in [0.5, 0.6) is 0 Å². The molecular weight excluding hydrogens is 228 g/mol. The van der Waals surface area contributed by atoms with Crippen LogP contribution < -0.4 is 0 Å². The van der Waals surface area contributed by atoms with Crippen LogP contribution in [0.4, 0.5) is 0 Å². The van der Waals surface area contributed by atoms with Crippen LogP contribution in [0.3, 0.4) is 0 Å². The molecule has 0 aliphatic rings. The van der Waals surface area contributed by atoms with Crippen molar-refractivity contribution in [2.45, 2.75) is 6.40 Å². The van der Waals surface area contributed by atoms with Crippen molar-refractivity contribution < 1.29 is 1.37 Å². The highest BCUT2D eigenvalue weighted by atomic mass is 14.0. The van der Waals surface area contributed by atoms with Gasteiger partial charge >= 0.3 is 0 Å². The molecule has 0 radical (unpaired) electrons. The smallest absolute Gasteiger partial charge is 0.0360 e. The molecule has 0 N–H and O–H groups in total. The molecule has 0 heteroatoms. The molecule has 0 saturated carbocycles. The Bertz CT molecular complexity index is 724. The largest absolute Gasteiger partial charge is 0.0795 e. The summed E-state index contributed by atoms with van der Waals surface area (Å²) < 4.78 is 8.36. The number of fused-ring (bicyclic) bond motifs is 1. The van der Waals surface area contributed by atoms with Gasteiger partial charge in [0.15, 0.2) is 0 Å². The molecule has 3 aromatic rings. The van der Waals surface area contributed by atoms with Crippen LogP contribution in [0, 0.1) is 0 Å². The summed E-state index contributed by atoms with van der Waals surface area (Å²) in [6.45, 7) is 0. The average molecular weight is 245 g/mol. The van der Waals surface area contributed by atoms with Gasteiger partial charge in [0.25, 0.3) is 0 Å². The van der Waals surface area contributed by atoms with Gasteiger partial charge in [0.05, 0.1) is 0 Å². The molecule has 0 heterocycles. The van der Waals surface area contributed by atoms with Crippen molar-refractivity contribution in [2.75, 3.05) is 0 Å². The van der Waals surface area contributed by atoms with Crippen molar-refractivity contribution in [3.05, 3.63) is 90.0 Å². The van der Waals surface area contributed by atoms with Crippen LogP contribution in [-0.4, -0.2) is 0 Å². The molecule has 0 nitrogen and oxygen atoms in total. The maximum absolute atomic E-state index is 8.36. The normalized spacial score (nSPS) is 13.6. The van der Waals surface area contributed by atoms with Crippen LogP contribution in [0.15, 0.2) is 78.9 Å². The molecule has 0 amide bonds. The summed E-state index contributed by atoms with van der Waals surface area (Å²) in [5.41, 5.74) is 2.18. The SMILES string of the molecule is [2H]C(/C=C\c1ccccc1)c1cccc2ccccc12. The van der Waals surface area contributed by atoms with Crippen LogP contribution in [0.1, 0.15) is 12.5 Å². The van der Waals surface area contributed by atoms with E-state index in [2.05, 4.69) is 18.2 Å². The molecule has 19 heavy (non-hydrogen) atoms. The van der Waals surface area contributed by atoms with E-state index < -0.39 is 0 Å². The van der Waals surface area contributed by atoms with Crippen molar-refractivity contribution in [3.8, 4) is 0 Å². The summed E-state index contributed by atoms with van der Waals surface area (Å²) in [6.07, 6.45) is 3.61. The van der Waals surface area contributed by atoms with Gasteiger partial charge in [-0.15, -0.1) is 0 Å². The Morgan fingerprint density at radius 2 is 1.53 bits per heavy atom. The van der Waals surface area contributed by atoms with Crippen molar-refractivity contribution in [1.82, 2.24) is 0 Å². The standard InChI is InChI=1S/C19H16/c1-2-8-16(9-3-1)10-6-12-18-14-7-13-17-11-4-5-15-19(17)18/h1-11,13-15H,12H2/b10-6-/i12D. The molecule has 0 aromatic heterocycles. The molecule has 0 fully saturated rings. The molecule has 0 bridgehead atoms. The molecule has 3 rings (SSSR count). The van der Waals surface area contributed by atoms with E-state index in [1.54, 1.807) is 0 Å². The molecule has 1 atom stereocenters. The number of allylic oxidation sites excluding steroid dienone is 1. The number of hydrogen-bond donors (Lipinski definition) is 0. The molecule has 1 unspecified atom stereocenters. The summed E-state index contributed by atoms with van der Waals surface area (Å²) in [4.78, 5) is 0. The van der Waals surface area contributed by atoms with E-state index in [1.165, 1.54) is 5.39 Å². The number of hydrogen-bond acceptors (Lipinski definition) is 0. The third-order valence-corrected chi connectivity index (χ3v) is 3.19. The Balaban J connectivity index is 1.93. The van der Waals surface area contributed by atoms with Gasteiger partial charge in [-0.1, -0.05) is 84.9 Å². The van der Waals surface area contributed by atoms with E-state index in [0.717, 1.165) is 16.5 Å². The van der Waals surface area contributed by atoms with E-state index in [9.17, 15) is 0 Å². The highest BCUT2D eigenvalue weighted by Gasteiger charge is 1.97. The lowest BCUT2D eigenvalue weighted by atomic mass is 10.0. The van der Waals surface area contributed by atoms with Crippen molar-refractivity contribution in [1.29, 1.82) is 0 Å². The van der Waals surface area contributed by atoms with Gasteiger partial charge in [-0.3, -0.25) is 0 Å². The topological polar surface area (TPSA) is 0 Å². The zero-order chi connectivity index (χ0) is 13.8. The summed E-state index contributed by atoms with van der Waals surface area (Å²) in [7, 11) is 0. The zero-order valence-corrected chi connectivity index (χ0v) is 10.7. The van der Waals surface area contributed by atoms with Crippen LogP contribution >= 0.6 is 0 Å². The third kappa shape index (κ3) is 2.74. The third-order valence-electron chi connectivity index (χ3n) is 3.19. The van der Waals surface area contributed by atoms with Crippen molar-refractivity contribution in [3.63, 3.8) is 0 Å². The van der Waals surface area contributed by atoms with Gasteiger partial charge in [0.2, 0.25) is 0 Å².